The molecule has 0 aromatic heterocycles. The second kappa shape index (κ2) is 8.85. The van der Waals surface area contributed by atoms with Crippen molar-refractivity contribution in [2.24, 2.45) is 11.7 Å². The molecule has 1 heterocycles. The molecule has 1 atom stereocenters. The highest BCUT2D eigenvalue weighted by molar-refractivity contribution is 8.16. The van der Waals surface area contributed by atoms with Crippen LogP contribution in [0.25, 0.3) is 0 Å². The van der Waals surface area contributed by atoms with Crippen LogP contribution in [0.4, 0.5) is 0 Å². The summed E-state index contributed by atoms with van der Waals surface area (Å²) in [6.07, 6.45) is 2.21. The first kappa shape index (κ1) is 17.7. The lowest BCUT2D eigenvalue weighted by atomic mass is 10.0. The first-order chi connectivity index (χ1) is 10.6. The van der Waals surface area contributed by atoms with Crippen molar-refractivity contribution < 1.29 is 4.79 Å². The largest absolute Gasteiger partial charge is 0.348 e. The van der Waals surface area contributed by atoms with E-state index in [9.17, 15) is 4.79 Å². The van der Waals surface area contributed by atoms with Gasteiger partial charge < -0.3 is 11.1 Å². The second-order valence-corrected chi connectivity index (χ2v) is 8.81. The van der Waals surface area contributed by atoms with E-state index < -0.39 is 0 Å². The van der Waals surface area contributed by atoms with Gasteiger partial charge in [-0.25, -0.2) is 0 Å². The summed E-state index contributed by atoms with van der Waals surface area (Å²) in [4.78, 5) is 12.3. The molecule has 1 amide bonds. The number of amides is 1. The third kappa shape index (κ3) is 5.21. The summed E-state index contributed by atoms with van der Waals surface area (Å²) >= 11 is 4.00. The fourth-order valence-electron chi connectivity index (χ4n) is 2.52. The number of carbonyl (C=O) groups is 1. The van der Waals surface area contributed by atoms with E-state index >= 15 is 0 Å². The molecule has 0 spiro atoms. The zero-order valence-corrected chi connectivity index (χ0v) is 15.0. The van der Waals surface area contributed by atoms with E-state index in [-0.39, 0.29) is 11.9 Å². The normalized spacial score (nSPS) is 17.5. The van der Waals surface area contributed by atoms with Crippen molar-refractivity contribution in [1.29, 1.82) is 0 Å². The average molecular weight is 339 g/mol. The predicted molar refractivity (Wildman–Crippen MR) is 98.5 cm³/mol. The fraction of sp³-hybridized carbons (Fsp3) is 0.588. The topological polar surface area (TPSA) is 55.1 Å². The summed E-state index contributed by atoms with van der Waals surface area (Å²) in [6.45, 7) is 4.77. The van der Waals surface area contributed by atoms with Crippen molar-refractivity contribution in [3.05, 3.63) is 35.4 Å². The van der Waals surface area contributed by atoms with Crippen LogP contribution in [0.3, 0.4) is 0 Å². The third-order valence-corrected chi connectivity index (χ3v) is 6.66. The number of rotatable bonds is 6. The molecule has 3 N–H and O–H groups in total. The molecule has 1 aliphatic heterocycles. The van der Waals surface area contributed by atoms with Gasteiger partial charge in [-0.2, -0.15) is 0 Å². The van der Waals surface area contributed by atoms with Crippen molar-refractivity contribution in [2.75, 3.05) is 18.1 Å². The van der Waals surface area contributed by atoms with Crippen LogP contribution < -0.4 is 11.1 Å². The van der Waals surface area contributed by atoms with E-state index in [4.69, 9.17) is 5.73 Å². The van der Waals surface area contributed by atoms with Gasteiger partial charge >= 0.3 is 0 Å². The Bertz CT molecular complexity index is 470. The van der Waals surface area contributed by atoms with E-state index in [0.717, 1.165) is 12.0 Å². The molecular formula is C17H26N2OS2. The SMILES string of the molecule is CC(C)CC(CN)NC(=O)c1ccc(C2SCCCS2)cc1. The monoisotopic (exact) mass is 338 g/mol. The van der Waals surface area contributed by atoms with Gasteiger partial charge in [-0.3, -0.25) is 4.79 Å². The lowest BCUT2D eigenvalue weighted by molar-refractivity contribution is 0.0934. The smallest absolute Gasteiger partial charge is 0.251 e. The van der Waals surface area contributed by atoms with E-state index in [1.54, 1.807) is 0 Å². The number of nitrogens with two attached hydrogens (primary N) is 1. The Kier molecular flexibility index (Phi) is 7.12. The van der Waals surface area contributed by atoms with Crippen molar-refractivity contribution in [3.63, 3.8) is 0 Å². The van der Waals surface area contributed by atoms with Gasteiger partial charge in [-0.15, -0.1) is 23.5 Å². The summed E-state index contributed by atoms with van der Waals surface area (Å²) < 4.78 is 0.517. The summed E-state index contributed by atoms with van der Waals surface area (Å²) in [5.41, 5.74) is 7.78. The van der Waals surface area contributed by atoms with E-state index in [1.165, 1.54) is 23.5 Å². The zero-order valence-electron chi connectivity index (χ0n) is 13.4. The van der Waals surface area contributed by atoms with Gasteiger partial charge in [0.1, 0.15) is 0 Å². The molecule has 2 rings (SSSR count). The molecule has 122 valence electrons. The number of thioether (sulfide) groups is 2. The molecule has 1 unspecified atom stereocenters. The highest BCUT2D eigenvalue weighted by Crippen LogP contribution is 2.43. The van der Waals surface area contributed by atoms with Gasteiger partial charge in [-0.1, -0.05) is 26.0 Å². The van der Waals surface area contributed by atoms with Gasteiger partial charge in [0.05, 0.1) is 4.58 Å². The molecule has 0 radical (unpaired) electrons. The molecule has 22 heavy (non-hydrogen) atoms. The van der Waals surface area contributed by atoms with Crippen LogP contribution in [0.2, 0.25) is 0 Å². The average Bonchev–Trinajstić information content (AvgIpc) is 2.54. The Labute approximate surface area is 142 Å². The molecule has 1 aromatic rings. The van der Waals surface area contributed by atoms with Crippen LogP contribution in [0.15, 0.2) is 24.3 Å². The van der Waals surface area contributed by atoms with Gasteiger partial charge in [0.15, 0.2) is 0 Å². The van der Waals surface area contributed by atoms with Crippen LogP contribution in [-0.2, 0) is 0 Å². The van der Waals surface area contributed by atoms with E-state index in [2.05, 4.69) is 31.3 Å². The molecule has 1 fully saturated rings. The Morgan fingerprint density at radius 3 is 2.45 bits per heavy atom. The molecule has 5 heteroatoms. The lowest BCUT2D eigenvalue weighted by Crippen LogP contribution is -2.41. The maximum atomic E-state index is 12.3. The molecule has 0 saturated carbocycles. The van der Waals surface area contributed by atoms with Gasteiger partial charge in [-0.05, 0) is 48.0 Å². The zero-order chi connectivity index (χ0) is 15.9. The fourth-order valence-corrected chi connectivity index (χ4v) is 5.42. The van der Waals surface area contributed by atoms with Crippen LogP contribution in [0.1, 0.15) is 47.2 Å². The van der Waals surface area contributed by atoms with Crippen molar-refractivity contribution in [2.45, 2.75) is 37.3 Å². The highest BCUT2D eigenvalue weighted by Gasteiger charge is 2.18. The van der Waals surface area contributed by atoms with Crippen molar-refractivity contribution >= 4 is 29.4 Å². The van der Waals surface area contributed by atoms with Crippen LogP contribution in [-0.4, -0.2) is 30.0 Å². The quantitative estimate of drug-likeness (QED) is 0.831. The molecule has 1 saturated heterocycles. The minimum Gasteiger partial charge on any atom is -0.348 e. The highest BCUT2D eigenvalue weighted by atomic mass is 32.2. The van der Waals surface area contributed by atoms with Gasteiger partial charge in [0.2, 0.25) is 0 Å². The first-order valence-electron chi connectivity index (χ1n) is 7.94. The number of benzene rings is 1. The minimum atomic E-state index is -0.0217. The number of hydrogen-bond donors (Lipinski definition) is 2. The summed E-state index contributed by atoms with van der Waals surface area (Å²) in [6, 6.07) is 8.10. The standard InChI is InChI=1S/C17H26N2OS2/c1-12(2)10-15(11-18)19-16(20)13-4-6-14(7-5-13)17-21-8-3-9-22-17/h4-7,12,15,17H,3,8-11,18H2,1-2H3,(H,19,20). The molecule has 1 aliphatic rings. The number of nitrogens with one attached hydrogen (secondary N) is 1. The Balaban J connectivity index is 1.95. The predicted octanol–water partition coefficient (Wildman–Crippen LogP) is 3.66. The molecule has 3 nitrogen and oxygen atoms in total. The van der Waals surface area contributed by atoms with Gasteiger partial charge in [0.25, 0.3) is 5.91 Å². The molecule has 0 bridgehead atoms. The van der Waals surface area contributed by atoms with Crippen molar-refractivity contribution in [1.82, 2.24) is 5.32 Å². The van der Waals surface area contributed by atoms with E-state index in [1.807, 2.05) is 35.7 Å². The Morgan fingerprint density at radius 2 is 1.91 bits per heavy atom. The van der Waals surface area contributed by atoms with E-state index in [0.29, 0.717) is 17.0 Å². The maximum Gasteiger partial charge on any atom is 0.251 e. The second-order valence-electron chi connectivity index (χ2n) is 6.08. The maximum absolute atomic E-state index is 12.3. The van der Waals surface area contributed by atoms with Crippen LogP contribution in [0, 0.1) is 5.92 Å². The molecular weight excluding hydrogens is 312 g/mol. The lowest BCUT2D eigenvalue weighted by Gasteiger charge is -2.21. The number of carbonyl (C=O) groups excluding carboxylic acids is 1. The molecule has 0 aliphatic carbocycles. The summed E-state index contributed by atoms with van der Waals surface area (Å²) in [5, 5.41) is 3.04. The van der Waals surface area contributed by atoms with Crippen LogP contribution in [0.5, 0.6) is 0 Å². The Morgan fingerprint density at radius 1 is 1.27 bits per heavy atom. The number of hydrogen-bond acceptors (Lipinski definition) is 4. The summed E-state index contributed by atoms with van der Waals surface area (Å²) in [7, 11) is 0. The minimum absolute atomic E-state index is 0.0217. The molecule has 1 aromatic carbocycles. The summed E-state index contributed by atoms with van der Waals surface area (Å²) in [5.74, 6) is 2.96. The first-order valence-corrected chi connectivity index (χ1v) is 10.0. The Hall–Kier alpha value is -0.650. The van der Waals surface area contributed by atoms with Crippen LogP contribution >= 0.6 is 23.5 Å². The third-order valence-electron chi connectivity index (χ3n) is 3.65. The van der Waals surface area contributed by atoms with Crippen molar-refractivity contribution in [3.8, 4) is 0 Å². The van der Waals surface area contributed by atoms with Gasteiger partial charge in [0, 0.05) is 18.2 Å².